The predicted molar refractivity (Wildman–Crippen MR) is 287 cm³/mol. The van der Waals surface area contributed by atoms with Crippen LogP contribution >= 0.6 is 0 Å². The Morgan fingerprint density at radius 2 is 0.951 bits per heavy atom. The third-order valence-electron chi connectivity index (χ3n) is 11.8. The topological polar surface area (TPSA) is 479 Å². The minimum Gasteiger partial charge on any atom is -0.477 e. The molecule has 10 atom stereocenters. The van der Waals surface area contributed by atoms with E-state index in [-0.39, 0.29) is 46.1 Å². The summed E-state index contributed by atoms with van der Waals surface area (Å²) < 4.78 is 55.7. The van der Waals surface area contributed by atoms with Crippen LogP contribution in [0.5, 0.6) is 0 Å². The molecule has 0 unspecified atom stereocenters. The lowest BCUT2D eigenvalue weighted by atomic mass is 9.92. The Morgan fingerprint density at radius 1 is 0.598 bits per heavy atom. The van der Waals surface area contributed by atoms with Gasteiger partial charge in [-0.25, -0.2) is 29.2 Å². The number of aliphatic hydroxyl groups is 4. The zero-order chi connectivity index (χ0) is 61.1. The number of unbranched alkanes of at least 4 members (excludes halogenated alkanes) is 1. The number of nitrogens with zero attached hydrogens (tertiary/aromatic N) is 5. The zero-order valence-corrected chi connectivity index (χ0v) is 46.6. The molecule has 0 radical (unpaired) electrons. The predicted octanol–water partition coefficient (Wildman–Crippen LogP) is -5.59. The van der Waals surface area contributed by atoms with E-state index in [1.807, 2.05) is 0 Å². The molecule has 33 nitrogen and oxygen atoms in total. The summed E-state index contributed by atoms with van der Waals surface area (Å²) in [7, 11) is 2.79. The Balaban J connectivity index is 2.00. The number of nitrogens with one attached hydrogen (secondary N) is 2. The average molecular weight is 1180 g/mol. The number of carbonyl (C=O) groups is 6. The first-order valence-electron chi connectivity index (χ1n) is 26.0. The van der Waals surface area contributed by atoms with E-state index >= 15 is 0 Å². The molecule has 0 aromatic carbocycles. The average Bonchev–Trinajstić information content (AvgIpc) is 3.57. The number of hydrogen-bond acceptors (Lipinski definition) is 23. The number of ether oxygens (including phenoxy) is 10. The second-order valence-electron chi connectivity index (χ2n) is 18.3. The lowest BCUT2D eigenvalue weighted by molar-refractivity contribution is -0.147. The van der Waals surface area contributed by atoms with E-state index in [9.17, 15) is 59.4 Å². The van der Waals surface area contributed by atoms with Crippen LogP contribution in [0.4, 0.5) is 9.59 Å². The van der Waals surface area contributed by atoms with E-state index in [0.29, 0.717) is 78.7 Å². The Labute approximate surface area is 474 Å². The second-order valence-corrected chi connectivity index (χ2v) is 18.3. The normalized spacial score (nSPS) is 19.9. The van der Waals surface area contributed by atoms with Gasteiger partial charge >= 0.3 is 24.1 Å². The second kappa shape index (κ2) is 39.6. The molecule has 2 rings (SSSR count). The molecule has 0 spiro atoms. The maximum atomic E-state index is 13.5. The number of carbonyl (C=O) groups excluding carboxylic acids is 4. The van der Waals surface area contributed by atoms with Crippen LogP contribution in [0.25, 0.3) is 0 Å². The zero-order valence-electron chi connectivity index (χ0n) is 46.6. The smallest absolute Gasteiger partial charge is 0.410 e. The molecular weight excluding hydrogens is 1090 g/mol. The highest BCUT2D eigenvalue weighted by atomic mass is 16.6. The number of rotatable bonds is 41. The molecule has 82 heavy (non-hydrogen) atoms. The molecule has 2 aliphatic heterocycles. The quantitative estimate of drug-likeness (QED) is 0.0118. The summed E-state index contributed by atoms with van der Waals surface area (Å²) in [6, 6.07) is -4.99. The third-order valence-corrected chi connectivity index (χ3v) is 11.8. The van der Waals surface area contributed by atoms with Gasteiger partial charge < -0.3 is 121 Å². The van der Waals surface area contributed by atoms with Gasteiger partial charge in [-0.15, -0.1) is 6.42 Å². The molecule has 466 valence electrons. The molecule has 0 aliphatic carbocycles. The Morgan fingerprint density at radius 3 is 1.30 bits per heavy atom. The van der Waals surface area contributed by atoms with Gasteiger partial charge in [0.25, 0.3) is 0 Å². The van der Waals surface area contributed by atoms with Gasteiger partial charge in [-0.3, -0.25) is 14.5 Å². The van der Waals surface area contributed by atoms with Crippen LogP contribution in [0.1, 0.15) is 26.7 Å². The van der Waals surface area contributed by atoms with Crippen molar-refractivity contribution in [3.8, 4) is 12.3 Å². The van der Waals surface area contributed by atoms with Crippen LogP contribution in [-0.4, -0.2) is 293 Å². The van der Waals surface area contributed by atoms with E-state index in [0.717, 1.165) is 30.9 Å². The summed E-state index contributed by atoms with van der Waals surface area (Å²) in [5.41, 5.74) is 22.2. The van der Waals surface area contributed by atoms with Crippen LogP contribution in [-0.2, 0) is 66.5 Å². The fourth-order valence-electron chi connectivity index (χ4n) is 7.85. The number of carboxylic acid groups (broad SMARTS) is 2. The minimum atomic E-state index is -1.81. The van der Waals surface area contributed by atoms with Crippen LogP contribution in [0.3, 0.4) is 0 Å². The Hall–Kier alpha value is -6.84. The number of aliphatic carboxylic acids is 2. The number of terminal acetylenes is 1. The molecule has 0 aromatic heterocycles. The van der Waals surface area contributed by atoms with Gasteiger partial charge in [0.05, 0.1) is 110 Å². The van der Waals surface area contributed by atoms with E-state index in [1.54, 1.807) is 0 Å². The molecule has 16 N–H and O–H groups in total. The molecule has 2 heterocycles. The van der Waals surface area contributed by atoms with E-state index in [1.165, 1.54) is 19.0 Å². The fraction of sp³-hybridized carbons (Fsp3) is 0.714. The van der Waals surface area contributed by atoms with Gasteiger partial charge in [0, 0.05) is 54.1 Å². The monoisotopic (exact) mass is 1180 g/mol. The molecule has 2 aliphatic rings. The van der Waals surface area contributed by atoms with Crippen molar-refractivity contribution in [3.05, 3.63) is 23.7 Å². The summed E-state index contributed by atoms with van der Waals surface area (Å²) >= 11 is 0. The Bertz CT molecular complexity index is 2140. The van der Waals surface area contributed by atoms with Gasteiger partial charge in [-0.1, -0.05) is 5.92 Å². The standard InChI is InChI=1S/C49H83N11O22/c1-6-14-73-18-22-77-24-25-78-23-21-76-17-13-60(10-8-7-9-58(4)48(71)81-40(34(65)28-61)42-38(54-30(2)63)32(56-46(50)51)26-36(79-42)44(67)68)12-16-75-20-19-74-15-11-59(5)49(72)82-41(35(66)29-62)43-39(55-31(3)64)33(57-47(52)53)27-37(80-43)45(69)70/h1,26-27,32-35,38-43,61-62,65-66H,7-25,28-29H2,2-5H3,(H,54,63)(H,55,64)(H,67,68)(H,69,70)(H4,50,51,56)(H4,52,53,57)/t32-,33-,34+,35+,38+,39+,40+,41+,42+,43+/m0/s1. The number of nitrogens with two attached hydrogens (primary N) is 4. The SMILES string of the molecule is C#CCOCCOCCOCCOCCN(CCCCN(C)C(=O)O[C@@H]([C@@H]1OC(C(=O)O)=C[C@H](N=C(N)N)[C@H]1NC(C)=O)[C@H](O)CO)CCOCCOCCN(C)C(=O)O[C@@H]([C@@H]1OC(C(=O)O)=C[C@H](N=C(N)N)[C@H]1NC(C)=O)[C@H](O)CO. The number of amides is 4. The summed E-state index contributed by atoms with van der Waals surface area (Å²) in [5.74, 6) is -4.21. The van der Waals surface area contributed by atoms with E-state index < -0.39 is 133 Å². The van der Waals surface area contributed by atoms with Crippen molar-refractivity contribution in [1.82, 2.24) is 25.3 Å². The molecule has 0 saturated heterocycles. The molecule has 0 fully saturated rings. The van der Waals surface area contributed by atoms with Crippen molar-refractivity contribution in [1.29, 1.82) is 0 Å². The van der Waals surface area contributed by atoms with Crippen molar-refractivity contribution in [3.63, 3.8) is 0 Å². The molecule has 0 bridgehead atoms. The van der Waals surface area contributed by atoms with Crippen LogP contribution in [0.2, 0.25) is 0 Å². The van der Waals surface area contributed by atoms with Crippen molar-refractivity contribution in [2.24, 2.45) is 32.9 Å². The van der Waals surface area contributed by atoms with Crippen molar-refractivity contribution >= 4 is 47.9 Å². The van der Waals surface area contributed by atoms with Crippen molar-refractivity contribution in [2.45, 2.75) is 87.5 Å². The first-order chi connectivity index (χ1) is 39.0. The first-order valence-corrected chi connectivity index (χ1v) is 26.0. The lowest BCUT2D eigenvalue weighted by Gasteiger charge is -2.40. The highest BCUT2D eigenvalue weighted by molar-refractivity contribution is 5.86. The lowest BCUT2D eigenvalue weighted by Crippen LogP contribution is -2.61. The van der Waals surface area contributed by atoms with Gasteiger partial charge in [0.1, 0.15) is 18.8 Å². The number of guanidine groups is 2. The number of aliphatic imine (C=N–C) groups is 2. The summed E-state index contributed by atoms with van der Waals surface area (Å²) in [5, 5.41) is 65.9. The number of hydrogen-bond donors (Lipinski definition) is 12. The number of aliphatic hydroxyl groups excluding tert-OH is 4. The summed E-state index contributed by atoms with van der Waals surface area (Å²) in [6.07, 6.45) is -4.03. The number of likely N-dealkylation sites (N-methyl/N-ethyl adjacent to an activating group) is 1. The maximum absolute atomic E-state index is 13.5. The molecule has 4 amide bonds. The van der Waals surface area contributed by atoms with E-state index in [4.69, 9.17) is 76.7 Å². The summed E-state index contributed by atoms with van der Waals surface area (Å²) in [4.78, 5) is 87.4. The van der Waals surface area contributed by atoms with Crippen LogP contribution in [0.15, 0.2) is 33.7 Å². The van der Waals surface area contributed by atoms with Gasteiger partial charge in [-0.05, 0) is 31.5 Å². The van der Waals surface area contributed by atoms with E-state index in [2.05, 4.69) is 31.4 Å². The van der Waals surface area contributed by atoms with Gasteiger partial charge in [-0.2, -0.15) is 0 Å². The highest BCUT2D eigenvalue weighted by Gasteiger charge is 2.48. The third kappa shape index (κ3) is 27.3. The van der Waals surface area contributed by atoms with Crippen molar-refractivity contribution < 1.29 is 107 Å². The minimum absolute atomic E-state index is 0.00307. The highest BCUT2D eigenvalue weighted by Crippen LogP contribution is 2.29. The largest absolute Gasteiger partial charge is 0.477 e. The Kier molecular flexibility index (Phi) is 34.4. The molecule has 33 heteroatoms. The fourth-order valence-corrected chi connectivity index (χ4v) is 7.85. The van der Waals surface area contributed by atoms with Gasteiger partial charge in [0.2, 0.25) is 23.3 Å². The summed E-state index contributed by atoms with van der Waals surface area (Å²) in [6.45, 7) is 5.14. The molecule has 0 saturated carbocycles. The first kappa shape index (κ1) is 71.3. The maximum Gasteiger partial charge on any atom is 0.410 e. The molecular formula is C49H83N11O22. The van der Waals surface area contributed by atoms with Crippen molar-refractivity contribution in [2.75, 3.05) is 139 Å². The number of carboxylic acids is 2. The molecule has 0 aromatic rings. The van der Waals surface area contributed by atoms with Crippen LogP contribution < -0.4 is 33.6 Å². The van der Waals surface area contributed by atoms with Crippen LogP contribution in [0, 0.1) is 12.3 Å². The van der Waals surface area contributed by atoms with Gasteiger partial charge in [0.15, 0.2) is 36.3 Å².